The quantitative estimate of drug-likeness (QED) is 0.518. The normalized spacial score (nSPS) is 12.2. The molecule has 7 heteroatoms. The van der Waals surface area contributed by atoms with Crippen molar-refractivity contribution in [2.24, 2.45) is 0 Å². The van der Waals surface area contributed by atoms with Gasteiger partial charge < -0.3 is 14.3 Å². The summed E-state index contributed by atoms with van der Waals surface area (Å²) in [7, 11) is 0. The molecule has 0 aliphatic rings. The fourth-order valence-electron chi connectivity index (χ4n) is 3.38. The van der Waals surface area contributed by atoms with E-state index < -0.39 is 6.04 Å². The first-order chi connectivity index (χ1) is 14.2. The van der Waals surface area contributed by atoms with Gasteiger partial charge in [-0.05, 0) is 37.6 Å². The number of nitrogens with one attached hydrogen (secondary N) is 1. The molecule has 0 saturated carbocycles. The number of imidazole rings is 1. The van der Waals surface area contributed by atoms with Gasteiger partial charge in [0.25, 0.3) is 0 Å². The number of aromatic nitrogens is 4. The van der Waals surface area contributed by atoms with E-state index in [0.29, 0.717) is 11.8 Å². The Morgan fingerprint density at radius 2 is 1.86 bits per heavy atom. The molecule has 4 rings (SSSR count). The zero-order valence-electron chi connectivity index (χ0n) is 16.5. The number of carbonyl (C=O) groups is 1. The number of rotatable bonds is 7. The number of hydrogen-bond donors (Lipinski definition) is 1. The van der Waals surface area contributed by atoms with Gasteiger partial charge in [0.2, 0.25) is 17.7 Å². The van der Waals surface area contributed by atoms with Crippen molar-refractivity contribution in [1.29, 1.82) is 0 Å². The van der Waals surface area contributed by atoms with Crippen LogP contribution in [0, 0.1) is 0 Å². The highest BCUT2D eigenvalue weighted by Gasteiger charge is 2.21. The zero-order valence-corrected chi connectivity index (χ0v) is 16.5. The Kier molecular flexibility index (Phi) is 5.37. The second-order valence-corrected chi connectivity index (χ2v) is 6.90. The van der Waals surface area contributed by atoms with E-state index in [1.54, 1.807) is 0 Å². The van der Waals surface area contributed by atoms with Gasteiger partial charge in [-0.1, -0.05) is 37.3 Å². The van der Waals surface area contributed by atoms with E-state index in [9.17, 15) is 4.79 Å². The largest absolute Gasteiger partial charge is 0.419 e. The molecule has 2 heterocycles. The van der Waals surface area contributed by atoms with E-state index in [-0.39, 0.29) is 12.5 Å². The Morgan fingerprint density at radius 3 is 2.66 bits per heavy atom. The van der Waals surface area contributed by atoms with E-state index in [1.165, 1.54) is 0 Å². The van der Waals surface area contributed by atoms with Crippen LogP contribution in [0.4, 0.5) is 0 Å². The minimum absolute atomic E-state index is 0.120. The molecule has 0 saturated heterocycles. The van der Waals surface area contributed by atoms with Crippen LogP contribution >= 0.6 is 0 Å². The SMILES string of the molecule is CCCc1nc2ccccc2n1C(C)C(=O)NCc1nnc(-c2ccccc2)o1. The average Bonchev–Trinajstić information content (AvgIpc) is 3.37. The molecule has 0 radical (unpaired) electrons. The van der Waals surface area contributed by atoms with Crippen LogP contribution in [-0.2, 0) is 17.8 Å². The van der Waals surface area contributed by atoms with Crippen LogP contribution in [0.1, 0.15) is 38.0 Å². The maximum absolute atomic E-state index is 12.8. The summed E-state index contributed by atoms with van der Waals surface area (Å²) in [6.45, 7) is 4.17. The topological polar surface area (TPSA) is 85.8 Å². The van der Waals surface area contributed by atoms with Crippen molar-refractivity contribution in [3.8, 4) is 11.5 Å². The summed E-state index contributed by atoms with van der Waals surface area (Å²) < 4.78 is 7.68. The molecule has 1 atom stereocenters. The van der Waals surface area contributed by atoms with Gasteiger partial charge in [-0.3, -0.25) is 4.79 Å². The van der Waals surface area contributed by atoms with Crippen LogP contribution < -0.4 is 5.32 Å². The third-order valence-electron chi connectivity index (χ3n) is 4.81. The van der Waals surface area contributed by atoms with Crippen molar-refractivity contribution in [2.45, 2.75) is 39.3 Å². The molecule has 0 aliphatic heterocycles. The number of carbonyl (C=O) groups excluding carboxylic acids is 1. The molecular weight excluding hydrogens is 366 g/mol. The zero-order chi connectivity index (χ0) is 20.2. The lowest BCUT2D eigenvalue weighted by molar-refractivity contribution is -0.124. The summed E-state index contributed by atoms with van der Waals surface area (Å²) in [5, 5.41) is 11.0. The highest BCUT2D eigenvalue weighted by atomic mass is 16.4. The van der Waals surface area contributed by atoms with Crippen molar-refractivity contribution >= 4 is 16.9 Å². The fourth-order valence-corrected chi connectivity index (χ4v) is 3.38. The molecule has 29 heavy (non-hydrogen) atoms. The molecule has 0 spiro atoms. The van der Waals surface area contributed by atoms with Crippen LogP contribution in [0.2, 0.25) is 0 Å². The molecule has 2 aromatic carbocycles. The Hall–Kier alpha value is -3.48. The second kappa shape index (κ2) is 8.26. The van der Waals surface area contributed by atoms with E-state index in [0.717, 1.165) is 35.3 Å². The first-order valence-electron chi connectivity index (χ1n) is 9.78. The van der Waals surface area contributed by atoms with Gasteiger partial charge in [-0.2, -0.15) is 0 Å². The number of nitrogens with zero attached hydrogens (tertiary/aromatic N) is 4. The number of aryl methyl sites for hydroxylation is 1. The molecular formula is C22H23N5O2. The van der Waals surface area contributed by atoms with E-state index in [2.05, 4.69) is 22.4 Å². The summed E-state index contributed by atoms with van der Waals surface area (Å²) in [5.74, 6) is 1.60. The molecule has 148 valence electrons. The number of amides is 1. The maximum atomic E-state index is 12.8. The van der Waals surface area contributed by atoms with Crippen molar-refractivity contribution in [1.82, 2.24) is 25.1 Å². The van der Waals surface area contributed by atoms with Crippen LogP contribution in [-0.4, -0.2) is 25.7 Å². The molecule has 1 unspecified atom stereocenters. The van der Waals surface area contributed by atoms with Gasteiger partial charge in [0, 0.05) is 12.0 Å². The van der Waals surface area contributed by atoms with Crippen LogP contribution in [0.3, 0.4) is 0 Å². The Morgan fingerprint density at radius 1 is 1.10 bits per heavy atom. The van der Waals surface area contributed by atoms with E-state index >= 15 is 0 Å². The number of benzene rings is 2. The van der Waals surface area contributed by atoms with E-state index in [1.807, 2.05) is 66.1 Å². The van der Waals surface area contributed by atoms with Crippen LogP contribution in [0.5, 0.6) is 0 Å². The predicted molar refractivity (Wildman–Crippen MR) is 110 cm³/mol. The molecule has 1 N–H and O–H groups in total. The lowest BCUT2D eigenvalue weighted by atomic mass is 10.2. The Balaban J connectivity index is 1.49. The standard InChI is InChI=1S/C22H23N5O2/c1-3-9-19-24-17-12-7-8-13-18(17)27(19)15(2)21(28)23-14-20-25-26-22(29-20)16-10-5-4-6-11-16/h4-8,10-13,15H,3,9,14H2,1-2H3,(H,23,28). The van der Waals surface area contributed by atoms with Crippen LogP contribution in [0.25, 0.3) is 22.5 Å². The molecule has 0 fully saturated rings. The molecule has 2 aromatic heterocycles. The smallest absolute Gasteiger partial charge is 0.247 e. The molecule has 1 amide bonds. The number of para-hydroxylation sites is 2. The first-order valence-corrected chi connectivity index (χ1v) is 9.78. The third kappa shape index (κ3) is 3.89. The van der Waals surface area contributed by atoms with E-state index in [4.69, 9.17) is 9.40 Å². The molecule has 4 aromatic rings. The van der Waals surface area contributed by atoms with Gasteiger partial charge in [0.15, 0.2) is 0 Å². The predicted octanol–water partition coefficient (Wildman–Crippen LogP) is 3.92. The van der Waals surface area contributed by atoms with Gasteiger partial charge in [0.1, 0.15) is 11.9 Å². The minimum Gasteiger partial charge on any atom is -0.419 e. The second-order valence-electron chi connectivity index (χ2n) is 6.90. The van der Waals surface area contributed by atoms with Gasteiger partial charge >= 0.3 is 0 Å². The Labute approximate surface area is 168 Å². The maximum Gasteiger partial charge on any atom is 0.247 e. The minimum atomic E-state index is -0.402. The van der Waals surface area contributed by atoms with Crippen molar-refractivity contribution in [2.75, 3.05) is 0 Å². The summed E-state index contributed by atoms with van der Waals surface area (Å²) in [4.78, 5) is 17.5. The van der Waals surface area contributed by atoms with Gasteiger partial charge in [-0.15, -0.1) is 10.2 Å². The lowest BCUT2D eigenvalue weighted by Crippen LogP contribution is -2.31. The molecule has 0 bridgehead atoms. The highest BCUT2D eigenvalue weighted by molar-refractivity contribution is 5.84. The molecule has 0 aliphatic carbocycles. The summed E-state index contributed by atoms with van der Waals surface area (Å²) in [6, 6.07) is 17.0. The number of hydrogen-bond acceptors (Lipinski definition) is 5. The average molecular weight is 389 g/mol. The van der Waals surface area contributed by atoms with Gasteiger partial charge in [0.05, 0.1) is 17.6 Å². The summed E-state index contributed by atoms with van der Waals surface area (Å²) in [5.41, 5.74) is 2.71. The molecule has 7 nitrogen and oxygen atoms in total. The number of fused-ring (bicyclic) bond motifs is 1. The monoisotopic (exact) mass is 389 g/mol. The highest BCUT2D eigenvalue weighted by Crippen LogP contribution is 2.22. The van der Waals surface area contributed by atoms with Crippen molar-refractivity contribution in [3.63, 3.8) is 0 Å². The van der Waals surface area contributed by atoms with Crippen molar-refractivity contribution < 1.29 is 9.21 Å². The fraction of sp³-hybridized carbons (Fsp3) is 0.273. The summed E-state index contributed by atoms with van der Waals surface area (Å²) in [6.07, 6.45) is 1.78. The Bertz CT molecular complexity index is 1120. The van der Waals surface area contributed by atoms with Crippen molar-refractivity contribution in [3.05, 3.63) is 66.3 Å². The van der Waals surface area contributed by atoms with Gasteiger partial charge in [-0.25, -0.2) is 4.98 Å². The third-order valence-corrected chi connectivity index (χ3v) is 4.81. The lowest BCUT2D eigenvalue weighted by Gasteiger charge is -2.17. The summed E-state index contributed by atoms with van der Waals surface area (Å²) >= 11 is 0. The van der Waals surface area contributed by atoms with Crippen LogP contribution in [0.15, 0.2) is 59.0 Å². The first kappa shape index (κ1) is 18.9.